The molecule has 1 N–H and O–H groups in total. The molecule has 2 aromatic carbocycles. The predicted molar refractivity (Wildman–Crippen MR) is 122 cm³/mol. The third-order valence-electron chi connectivity index (χ3n) is 6.02. The average Bonchev–Trinajstić information content (AvgIpc) is 3.28. The van der Waals surface area contributed by atoms with Crippen molar-refractivity contribution in [2.24, 2.45) is 5.92 Å². The van der Waals surface area contributed by atoms with Gasteiger partial charge in [0, 0.05) is 51.5 Å². The molecule has 1 atom stereocenters. The molecular weight excluding hydrogens is 376 g/mol. The van der Waals surface area contributed by atoms with Gasteiger partial charge < -0.3 is 24.8 Å². The molecule has 4 rings (SSSR count). The molecule has 0 aliphatic carbocycles. The van der Waals surface area contributed by atoms with Crippen LogP contribution in [0, 0.1) is 5.92 Å². The minimum atomic E-state index is 0.0610. The molecule has 30 heavy (non-hydrogen) atoms. The van der Waals surface area contributed by atoms with E-state index in [1.807, 2.05) is 36.1 Å². The number of urea groups is 1. The van der Waals surface area contributed by atoms with Crippen LogP contribution in [0.5, 0.6) is 5.75 Å². The summed E-state index contributed by atoms with van der Waals surface area (Å²) in [6.45, 7) is 8.57. The van der Waals surface area contributed by atoms with Crippen LogP contribution in [0.1, 0.15) is 13.3 Å². The molecule has 0 aromatic heterocycles. The fourth-order valence-corrected chi connectivity index (χ4v) is 4.36. The molecule has 0 bridgehead atoms. The van der Waals surface area contributed by atoms with Crippen LogP contribution in [-0.4, -0.2) is 63.4 Å². The molecule has 6 heteroatoms. The van der Waals surface area contributed by atoms with Crippen LogP contribution < -0.4 is 19.9 Å². The second kappa shape index (κ2) is 9.74. The molecule has 2 saturated heterocycles. The van der Waals surface area contributed by atoms with E-state index in [-0.39, 0.29) is 6.03 Å². The third kappa shape index (κ3) is 4.81. The highest BCUT2D eigenvalue weighted by molar-refractivity contribution is 5.74. The number of carbonyl (C=O) groups is 1. The van der Waals surface area contributed by atoms with E-state index in [2.05, 4.69) is 45.4 Å². The number of nitrogens with zero attached hydrogens (tertiary/aromatic N) is 3. The van der Waals surface area contributed by atoms with E-state index in [1.54, 1.807) is 0 Å². The number of nitrogens with one attached hydrogen (secondary N) is 1. The first-order valence-corrected chi connectivity index (χ1v) is 11.0. The molecule has 2 aromatic rings. The van der Waals surface area contributed by atoms with Crippen LogP contribution in [0.2, 0.25) is 0 Å². The lowest BCUT2D eigenvalue weighted by molar-refractivity contribution is 0.192. The first kappa shape index (κ1) is 20.4. The topological polar surface area (TPSA) is 48.1 Å². The summed E-state index contributed by atoms with van der Waals surface area (Å²) in [5, 5.41) is 3.17. The molecular formula is C24H32N4O2. The van der Waals surface area contributed by atoms with Crippen LogP contribution in [0.4, 0.5) is 16.2 Å². The van der Waals surface area contributed by atoms with Crippen LogP contribution >= 0.6 is 0 Å². The van der Waals surface area contributed by atoms with Crippen LogP contribution in [0.25, 0.3) is 0 Å². The SMILES string of the molecule is CCOc1ccccc1N1CCN(C(=O)NCC2CCN(c3ccccc3)C2)CC1. The van der Waals surface area contributed by atoms with Gasteiger partial charge in [-0.15, -0.1) is 0 Å². The van der Waals surface area contributed by atoms with Gasteiger partial charge in [-0.3, -0.25) is 0 Å². The van der Waals surface area contributed by atoms with E-state index in [1.165, 1.54) is 5.69 Å². The Morgan fingerprint density at radius 2 is 1.70 bits per heavy atom. The molecule has 1 unspecified atom stereocenters. The van der Waals surface area contributed by atoms with Crippen molar-refractivity contribution in [3.8, 4) is 5.75 Å². The van der Waals surface area contributed by atoms with Crippen molar-refractivity contribution < 1.29 is 9.53 Å². The van der Waals surface area contributed by atoms with E-state index in [0.29, 0.717) is 12.5 Å². The first-order chi connectivity index (χ1) is 14.7. The number of ether oxygens (including phenoxy) is 1. The largest absolute Gasteiger partial charge is 0.492 e. The normalized spacial score (nSPS) is 19.1. The maximum atomic E-state index is 12.7. The molecule has 2 fully saturated rings. The Morgan fingerprint density at radius 3 is 2.47 bits per heavy atom. The smallest absolute Gasteiger partial charge is 0.317 e. The Balaban J connectivity index is 1.23. The maximum Gasteiger partial charge on any atom is 0.317 e. The number of carbonyl (C=O) groups excluding carboxylic acids is 1. The van der Waals surface area contributed by atoms with Crippen molar-refractivity contribution in [2.75, 3.05) is 62.2 Å². The Hall–Kier alpha value is -2.89. The zero-order valence-corrected chi connectivity index (χ0v) is 17.8. The Kier molecular flexibility index (Phi) is 6.62. The zero-order valence-electron chi connectivity index (χ0n) is 17.8. The summed E-state index contributed by atoms with van der Waals surface area (Å²) >= 11 is 0. The van der Waals surface area contributed by atoms with Gasteiger partial charge in [0.1, 0.15) is 5.75 Å². The summed E-state index contributed by atoms with van der Waals surface area (Å²) in [6.07, 6.45) is 1.12. The third-order valence-corrected chi connectivity index (χ3v) is 6.02. The fourth-order valence-electron chi connectivity index (χ4n) is 4.36. The summed E-state index contributed by atoms with van der Waals surface area (Å²) in [5.74, 6) is 1.43. The molecule has 2 amide bonds. The standard InChI is InChI=1S/C24H32N4O2/c1-2-30-23-11-7-6-10-22(23)26-14-16-27(17-15-26)24(29)25-18-20-12-13-28(19-20)21-8-4-3-5-9-21/h3-11,20H,2,12-19H2,1H3,(H,25,29). The fraction of sp³-hybridized carbons (Fsp3) is 0.458. The van der Waals surface area contributed by atoms with Crippen molar-refractivity contribution in [3.63, 3.8) is 0 Å². The maximum absolute atomic E-state index is 12.7. The highest BCUT2D eigenvalue weighted by Crippen LogP contribution is 2.29. The van der Waals surface area contributed by atoms with Crippen LogP contribution in [-0.2, 0) is 0 Å². The number of benzene rings is 2. The second-order valence-corrected chi connectivity index (χ2v) is 8.00. The Bertz CT molecular complexity index is 821. The lowest BCUT2D eigenvalue weighted by Crippen LogP contribution is -2.52. The summed E-state index contributed by atoms with van der Waals surface area (Å²) in [4.78, 5) is 19.3. The summed E-state index contributed by atoms with van der Waals surface area (Å²) in [7, 11) is 0. The lowest BCUT2D eigenvalue weighted by atomic mass is 10.1. The van der Waals surface area contributed by atoms with E-state index < -0.39 is 0 Å². The summed E-state index contributed by atoms with van der Waals surface area (Å²) in [6, 6.07) is 18.7. The minimum Gasteiger partial charge on any atom is -0.492 e. The van der Waals surface area contributed by atoms with Crippen LogP contribution in [0.3, 0.4) is 0 Å². The monoisotopic (exact) mass is 408 g/mol. The quantitative estimate of drug-likeness (QED) is 0.796. The van der Waals surface area contributed by atoms with Crippen molar-refractivity contribution in [1.82, 2.24) is 10.2 Å². The average molecular weight is 409 g/mol. The summed E-state index contributed by atoms with van der Waals surface area (Å²) < 4.78 is 5.76. The van der Waals surface area contributed by atoms with E-state index in [9.17, 15) is 4.79 Å². The number of hydrogen-bond acceptors (Lipinski definition) is 4. The van der Waals surface area contributed by atoms with E-state index >= 15 is 0 Å². The highest BCUT2D eigenvalue weighted by Gasteiger charge is 2.26. The van der Waals surface area contributed by atoms with E-state index in [0.717, 1.165) is 63.7 Å². The van der Waals surface area contributed by atoms with Gasteiger partial charge >= 0.3 is 6.03 Å². The van der Waals surface area contributed by atoms with Gasteiger partial charge in [0.15, 0.2) is 0 Å². The number of piperazine rings is 1. The molecule has 0 spiro atoms. The molecule has 0 saturated carbocycles. The van der Waals surface area contributed by atoms with Gasteiger partial charge in [0.05, 0.1) is 12.3 Å². The van der Waals surface area contributed by atoms with E-state index in [4.69, 9.17) is 4.74 Å². The molecule has 160 valence electrons. The number of rotatable bonds is 6. The second-order valence-electron chi connectivity index (χ2n) is 8.00. The van der Waals surface area contributed by atoms with Gasteiger partial charge in [-0.1, -0.05) is 30.3 Å². The predicted octanol–water partition coefficient (Wildman–Crippen LogP) is 3.44. The highest BCUT2D eigenvalue weighted by atomic mass is 16.5. The van der Waals surface area contributed by atoms with Gasteiger partial charge in [0.2, 0.25) is 0 Å². The minimum absolute atomic E-state index is 0.0610. The van der Waals surface area contributed by atoms with Crippen molar-refractivity contribution in [1.29, 1.82) is 0 Å². The lowest BCUT2D eigenvalue weighted by Gasteiger charge is -2.36. The van der Waals surface area contributed by atoms with Crippen molar-refractivity contribution in [2.45, 2.75) is 13.3 Å². The van der Waals surface area contributed by atoms with Crippen LogP contribution in [0.15, 0.2) is 54.6 Å². The number of amides is 2. The zero-order chi connectivity index (χ0) is 20.8. The van der Waals surface area contributed by atoms with Gasteiger partial charge in [-0.05, 0) is 43.5 Å². The molecule has 0 radical (unpaired) electrons. The molecule has 2 heterocycles. The summed E-state index contributed by atoms with van der Waals surface area (Å²) in [5.41, 5.74) is 2.39. The number of para-hydroxylation sites is 3. The molecule has 6 nitrogen and oxygen atoms in total. The molecule has 2 aliphatic rings. The van der Waals surface area contributed by atoms with Crippen molar-refractivity contribution in [3.05, 3.63) is 54.6 Å². The van der Waals surface area contributed by atoms with Crippen molar-refractivity contribution >= 4 is 17.4 Å². The van der Waals surface area contributed by atoms with Gasteiger partial charge in [0.25, 0.3) is 0 Å². The number of hydrogen-bond donors (Lipinski definition) is 1. The van der Waals surface area contributed by atoms with Gasteiger partial charge in [-0.25, -0.2) is 4.79 Å². The molecule has 2 aliphatic heterocycles. The number of anilines is 2. The van der Waals surface area contributed by atoms with Gasteiger partial charge in [-0.2, -0.15) is 0 Å². The Labute approximate surface area is 179 Å². The first-order valence-electron chi connectivity index (χ1n) is 11.0. The Morgan fingerprint density at radius 1 is 0.967 bits per heavy atom.